The van der Waals surface area contributed by atoms with Crippen molar-refractivity contribution in [1.29, 1.82) is 0 Å². The number of halogens is 2. The Bertz CT molecular complexity index is 742. The number of methoxy groups -OCH3 is 1. The molecular formula is C16H15Cl2NO5S. The largest absolute Gasteiger partial charge is 0.491 e. The number of ether oxygens (including phenoxy) is 2. The van der Waals surface area contributed by atoms with Crippen LogP contribution in [0.15, 0.2) is 17.0 Å². The van der Waals surface area contributed by atoms with Crippen molar-refractivity contribution in [2.45, 2.75) is 19.9 Å². The molecule has 25 heavy (non-hydrogen) atoms. The number of hydrogen-bond acceptors (Lipinski definition) is 6. The van der Waals surface area contributed by atoms with E-state index < -0.39 is 23.2 Å². The summed E-state index contributed by atoms with van der Waals surface area (Å²) in [6.45, 7) is 3.64. The maximum atomic E-state index is 12.4. The van der Waals surface area contributed by atoms with Crippen LogP contribution in [0.25, 0.3) is 6.08 Å². The molecule has 1 saturated heterocycles. The summed E-state index contributed by atoms with van der Waals surface area (Å²) in [5.41, 5.74) is 0.537. The topological polar surface area (TPSA) is 72.9 Å². The number of benzene rings is 1. The van der Waals surface area contributed by atoms with Gasteiger partial charge in [-0.25, -0.2) is 4.79 Å². The van der Waals surface area contributed by atoms with Gasteiger partial charge in [-0.3, -0.25) is 14.5 Å². The van der Waals surface area contributed by atoms with Crippen LogP contribution in [0.4, 0.5) is 4.79 Å². The van der Waals surface area contributed by atoms with Crippen LogP contribution in [0.2, 0.25) is 10.0 Å². The Balaban J connectivity index is 2.32. The third-order valence-electron chi connectivity index (χ3n) is 3.36. The molecule has 0 unspecified atom stereocenters. The first-order valence-corrected chi connectivity index (χ1v) is 8.84. The van der Waals surface area contributed by atoms with E-state index in [1.54, 1.807) is 19.1 Å². The van der Waals surface area contributed by atoms with E-state index in [1.165, 1.54) is 20.1 Å². The lowest BCUT2D eigenvalue weighted by Crippen LogP contribution is -2.42. The molecule has 134 valence electrons. The Morgan fingerprint density at radius 2 is 1.92 bits per heavy atom. The second-order valence-electron chi connectivity index (χ2n) is 5.00. The normalized spacial score (nSPS) is 17.2. The van der Waals surface area contributed by atoms with Crippen LogP contribution in [0.5, 0.6) is 5.75 Å². The highest BCUT2D eigenvalue weighted by molar-refractivity contribution is 8.18. The molecule has 1 aliphatic rings. The van der Waals surface area contributed by atoms with Gasteiger partial charge >= 0.3 is 5.97 Å². The summed E-state index contributed by atoms with van der Waals surface area (Å²) in [6, 6.07) is 2.16. The molecule has 0 saturated carbocycles. The molecule has 1 fully saturated rings. The van der Waals surface area contributed by atoms with Crippen molar-refractivity contribution in [3.05, 3.63) is 32.6 Å². The van der Waals surface area contributed by atoms with Gasteiger partial charge in [0.25, 0.3) is 11.1 Å². The molecule has 0 bridgehead atoms. The highest BCUT2D eigenvalue weighted by Crippen LogP contribution is 2.37. The van der Waals surface area contributed by atoms with Crippen molar-refractivity contribution in [3.8, 4) is 5.75 Å². The molecule has 0 spiro atoms. The predicted molar refractivity (Wildman–Crippen MR) is 96.9 cm³/mol. The van der Waals surface area contributed by atoms with Crippen LogP contribution in [0.3, 0.4) is 0 Å². The zero-order chi connectivity index (χ0) is 18.7. The summed E-state index contributed by atoms with van der Waals surface area (Å²) >= 11 is 13.0. The molecule has 6 nitrogen and oxygen atoms in total. The van der Waals surface area contributed by atoms with Crippen LogP contribution in [0, 0.1) is 0 Å². The Labute approximate surface area is 159 Å². The molecular weight excluding hydrogens is 389 g/mol. The van der Waals surface area contributed by atoms with Crippen LogP contribution < -0.4 is 4.74 Å². The fourth-order valence-electron chi connectivity index (χ4n) is 2.19. The molecule has 1 aromatic rings. The average molecular weight is 404 g/mol. The van der Waals surface area contributed by atoms with E-state index in [1.807, 2.05) is 0 Å². The average Bonchev–Trinajstić information content (AvgIpc) is 2.83. The lowest BCUT2D eigenvalue weighted by Gasteiger charge is -2.18. The predicted octanol–water partition coefficient (Wildman–Crippen LogP) is 3.99. The second kappa shape index (κ2) is 8.12. The molecule has 1 aromatic carbocycles. The fraction of sp³-hybridized carbons (Fsp3) is 0.312. The van der Waals surface area contributed by atoms with Gasteiger partial charge in [0.15, 0.2) is 5.75 Å². The number of amides is 2. The van der Waals surface area contributed by atoms with E-state index in [4.69, 9.17) is 27.9 Å². The first-order chi connectivity index (χ1) is 11.8. The maximum absolute atomic E-state index is 12.4. The molecule has 0 N–H and O–H groups in total. The Morgan fingerprint density at radius 1 is 1.32 bits per heavy atom. The van der Waals surface area contributed by atoms with Gasteiger partial charge in [0.1, 0.15) is 6.04 Å². The van der Waals surface area contributed by atoms with Crippen molar-refractivity contribution >= 4 is 58.2 Å². The number of imide groups is 1. The van der Waals surface area contributed by atoms with E-state index >= 15 is 0 Å². The quantitative estimate of drug-likeness (QED) is 0.546. The Morgan fingerprint density at radius 3 is 2.44 bits per heavy atom. The molecule has 1 heterocycles. The van der Waals surface area contributed by atoms with Crippen LogP contribution in [-0.2, 0) is 14.3 Å². The zero-order valence-electron chi connectivity index (χ0n) is 13.7. The molecule has 2 amide bonds. The van der Waals surface area contributed by atoms with Crippen LogP contribution >= 0.6 is 35.0 Å². The van der Waals surface area contributed by atoms with Gasteiger partial charge in [-0.2, -0.15) is 0 Å². The summed E-state index contributed by atoms with van der Waals surface area (Å²) in [6.07, 6.45) is 1.49. The molecule has 9 heteroatoms. The third kappa shape index (κ3) is 4.11. The summed E-state index contributed by atoms with van der Waals surface area (Å²) in [5, 5.41) is 0.0443. The minimum atomic E-state index is -1.00. The maximum Gasteiger partial charge on any atom is 0.328 e. The van der Waals surface area contributed by atoms with E-state index in [0.717, 1.165) is 16.7 Å². The van der Waals surface area contributed by atoms with Gasteiger partial charge < -0.3 is 9.47 Å². The Hall–Kier alpha value is -1.70. The second-order valence-corrected chi connectivity index (χ2v) is 6.81. The lowest BCUT2D eigenvalue weighted by molar-refractivity contribution is -0.148. The Kier molecular flexibility index (Phi) is 6.37. The number of hydrogen-bond donors (Lipinski definition) is 0. The van der Waals surface area contributed by atoms with Crippen molar-refractivity contribution in [3.63, 3.8) is 0 Å². The van der Waals surface area contributed by atoms with Crippen molar-refractivity contribution in [2.75, 3.05) is 13.7 Å². The highest BCUT2D eigenvalue weighted by atomic mass is 35.5. The summed E-state index contributed by atoms with van der Waals surface area (Å²) in [5.74, 6) is -0.889. The standard InChI is InChI=1S/C16H15Cl2NO5S/c1-4-24-13-10(17)5-9(6-11(13)18)7-12-14(20)19(16(22)25-12)8(2)15(21)23-3/h5-8H,4H2,1-3H3/b12-7+/t8-/m1/s1. The first-order valence-electron chi connectivity index (χ1n) is 7.26. The fourth-order valence-corrected chi connectivity index (χ4v) is 3.71. The minimum absolute atomic E-state index is 0.164. The summed E-state index contributed by atoms with van der Waals surface area (Å²) < 4.78 is 9.93. The number of rotatable bonds is 5. The lowest BCUT2D eigenvalue weighted by atomic mass is 10.2. The van der Waals surface area contributed by atoms with Crippen LogP contribution in [0.1, 0.15) is 19.4 Å². The smallest absolute Gasteiger partial charge is 0.328 e. The van der Waals surface area contributed by atoms with Crippen molar-refractivity contribution < 1.29 is 23.9 Å². The van der Waals surface area contributed by atoms with E-state index in [9.17, 15) is 14.4 Å². The van der Waals surface area contributed by atoms with Gasteiger partial charge in [-0.05, 0) is 49.4 Å². The molecule has 2 rings (SSSR count). The zero-order valence-corrected chi connectivity index (χ0v) is 16.0. The van der Waals surface area contributed by atoms with Gasteiger partial charge in [-0.1, -0.05) is 23.2 Å². The van der Waals surface area contributed by atoms with E-state index in [2.05, 4.69) is 4.74 Å². The molecule has 1 atom stereocenters. The van der Waals surface area contributed by atoms with Gasteiger partial charge in [0, 0.05) is 0 Å². The third-order valence-corrected chi connectivity index (χ3v) is 4.81. The monoisotopic (exact) mass is 403 g/mol. The van der Waals surface area contributed by atoms with Crippen molar-refractivity contribution in [1.82, 2.24) is 4.90 Å². The first kappa shape index (κ1) is 19.6. The van der Waals surface area contributed by atoms with E-state index in [0.29, 0.717) is 28.0 Å². The highest BCUT2D eigenvalue weighted by Gasteiger charge is 2.41. The van der Waals surface area contributed by atoms with Gasteiger partial charge in [0.05, 0.1) is 28.7 Å². The van der Waals surface area contributed by atoms with Crippen LogP contribution in [-0.4, -0.2) is 41.8 Å². The number of carbonyl (C=O) groups excluding carboxylic acids is 3. The minimum Gasteiger partial charge on any atom is -0.491 e. The molecule has 1 aliphatic heterocycles. The molecule has 0 radical (unpaired) electrons. The summed E-state index contributed by atoms with van der Waals surface area (Å²) in [7, 11) is 1.19. The molecule has 0 aromatic heterocycles. The van der Waals surface area contributed by atoms with E-state index in [-0.39, 0.29) is 4.91 Å². The SMILES string of the molecule is CCOc1c(Cl)cc(/C=C2/SC(=O)N([C@H](C)C(=O)OC)C2=O)cc1Cl. The number of nitrogens with zero attached hydrogens (tertiary/aromatic N) is 1. The van der Waals surface area contributed by atoms with Crippen molar-refractivity contribution in [2.24, 2.45) is 0 Å². The van der Waals surface area contributed by atoms with Gasteiger partial charge in [-0.15, -0.1) is 0 Å². The number of esters is 1. The summed E-state index contributed by atoms with van der Waals surface area (Å²) in [4.78, 5) is 37.1. The number of carbonyl (C=O) groups is 3. The number of thioether (sulfide) groups is 1. The van der Waals surface area contributed by atoms with Gasteiger partial charge in [0.2, 0.25) is 0 Å². The molecule has 0 aliphatic carbocycles.